The van der Waals surface area contributed by atoms with Crippen molar-refractivity contribution in [3.63, 3.8) is 0 Å². The van der Waals surface area contributed by atoms with E-state index in [-0.39, 0.29) is 12.3 Å². The van der Waals surface area contributed by atoms with E-state index in [0.717, 1.165) is 145 Å². The third-order valence-corrected chi connectivity index (χ3v) is 14.7. The van der Waals surface area contributed by atoms with Gasteiger partial charge in [0.1, 0.15) is 20.4 Å². The van der Waals surface area contributed by atoms with Crippen LogP contribution < -0.4 is 14.8 Å². The standard InChI is InChI=1S/C52H51N3O6S3/c56-46(57)23-14-6-4-2-1-3-5-7-15-30-53-50(61)48(64-52(53)62)51-54(34-47(58)59)49(60)45(63-51)33-36-26-29-44-42(32-36)40-21-16-22-43(40)55(44)39-27-24-35(25-28-39)31-41(37-17-10-8-11-18-37)38-19-12-9-13-20-38/h8-13,17-20,24-29,31-33H,1-7,14-16,21-23,30,34H2,(H,56,57)(H,58,59)/b45-33+,51-48-. The van der Waals surface area contributed by atoms with E-state index in [4.69, 9.17) is 17.3 Å². The van der Waals surface area contributed by atoms with E-state index in [9.17, 15) is 24.3 Å². The van der Waals surface area contributed by atoms with Gasteiger partial charge >= 0.3 is 11.9 Å². The Bertz CT molecular complexity index is 2870. The summed E-state index contributed by atoms with van der Waals surface area (Å²) in [5, 5.41) is 19.7. The van der Waals surface area contributed by atoms with Gasteiger partial charge in [-0.3, -0.25) is 28.6 Å². The van der Waals surface area contributed by atoms with Crippen LogP contribution in [0.3, 0.4) is 0 Å². The number of fused-ring (bicyclic) bond motifs is 3. The molecule has 0 atom stereocenters. The van der Waals surface area contributed by atoms with Gasteiger partial charge in [-0.25, -0.2) is 0 Å². The van der Waals surface area contributed by atoms with Crippen molar-refractivity contribution >= 4 is 91.0 Å². The van der Waals surface area contributed by atoms with Crippen molar-refractivity contribution in [2.45, 2.75) is 90.0 Å². The van der Waals surface area contributed by atoms with Crippen molar-refractivity contribution in [2.24, 2.45) is 0 Å². The van der Waals surface area contributed by atoms with E-state index in [1.54, 1.807) is 4.90 Å². The van der Waals surface area contributed by atoms with E-state index in [1.807, 2.05) is 24.3 Å². The zero-order valence-electron chi connectivity index (χ0n) is 35.7. The zero-order valence-corrected chi connectivity index (χ0v) is 38.1. The maximum atomic E-state index is 13.9. The summed E-state index contributed by atoms with van der Waals surface area (Å²) in [6.45, 7) is -0.0997. The fourth-order valence-electron chi connectivity index (χ4n) is 8.86. The summed E-state index contributed by atoms with van der Waals surface area (Å²) in [7, 11) is 0. The third kappa shape index (κ3) is 10.3. The summed E-state index contributed by atoms with van der Waals surface area (Å²) < 4.78 is 4.63. The molecule has 2 N–H and O–H groups in total. The highest BCUT2D eigenvalue weighted by atomic mass is 32.2. The third-order valence-electron chi connectivity index (χ3n) is 12.0. The Morgan fingerprint density at radius 2 is 1.34 bits per heavy atom. The number of thiazole rings is 1. The first-order chi connectivity index (χ1) is 31.2. The molecule has 1 aliphatic heterocycles. The normalized spacial score (nSPS) is 14.8. The van der Waals surface area contributed by atoms with E-state index in [0.29, 0.717) is 25.0 Å². The number of hydrogen-bond donors (Lipinski definition) is 2. The maximum Gasteiger partial charge on any atom is 0.323 e. The molecule has 4 aromatic carbocycles. The molecule has 1 saturated heterocycles. The van der Waals surface area contributed by atoms with E-state index in [1.165, 1.54) is 15.8 Å². The number of rotatable bonds is 19. The summed E-state index contributed by atoms with van der Waals surface area (Å²) in [4.78, 5) is 52.3. The van der Waals surface area contributed by atoms with Gasteiger partial charge in [-0.2, -0.15) is 0 Å². The first kappa shape index (κ1) is 44.8. The Balaban J connectivity index is 1.02. The number of hydrogen-bond acceptors (Lipinski definition) is 7. The summed E-state index contributed by atoms with van der Waals surface area (Å²) >= 11 is 7.90. The molecule has 0 spiro atoms. The molecule has 0 bridgehead atoms. The van der Waals surface area contributed by atoms with Gasteiger partial charge in [0.2, 0.25) is 0 Å². The number of carboxylic acids is 2. The second kappa shape index (κ2) is 20.8. The van der Waals surface area contributed by atoms with Crippen molar-refractivity contribution in [2.75, 3.05) is 6.54 Å². The van der Waals surface area contributed by atoms with Gasteiger partial charge in [-0.05, 0) is 102 Å². The molecule has 1 amide bonds. The van der Waals surface area contributed by atoms with Crippen molar-refractivity contribution < 1.29 is 24.6 Å². The Labute approximate surface area is 386 Å². The lowest BCUT2D eigenvalue weighted by atomic mass is 9.96. The van der Waals surface area contributed by atoms with Gasteiger partial charge in [-0.1, -0.05) is 148 Å². The number of carbonyl (C=O) groups excluding carboxylic acids is 1. The molecule has 6 aromatic rings. The lowest BCUT2D eigenvalue weighted by Crippen LogP contribution is -2.35. The fourth-order valence-corrected chi connectivity index (χ4v) is 11.4. The summed E-state index contributed by atoms with van der Waals surface area (Å²) in [6.07, 6.45) is 16.0. The number of aliphatic carboxylic acids is 2. The van der Waals surface area contributed by atoms with E-state index >= 15 is 0 Å². The molecule has 8 rings (SSSR count). The molecule has 1 fully saturated rings. The van der Waals surface area contributed by atoms with Gasteiger partial charge < -0.3 is 14.8 Å². The largest absolute Gasteiger partial charge is 0.481 e. The molecule has 1 aliphatic carbocycles. The maximum absolute atomic E-state index is 13.9. The van der Waals surface area contributed by atoms with Crippen LogP contribution in [0, 0.1) is 0 Å². The number of aryl methyl sites for hydroxylation is 1. The first-order valence-corrected chi connectivity index (χ1v) is 24.2. The molecule has 64 heavy (non-hydrogen) atoms. The quantitative estimate of drug-likeness (QED) is 0.0468. The van der Waals surface area contributed by atoms with E-state index in [2.05, 4.69) is 95.6 Å². The number of carboxylic acid groups (broad SMARTS) is 2. The molecule has 12 heteroatoms. The predicted octanol–water partition coefficient (Wildman–Crippen LogP) is 9.80. The highest BCUT2D eigenvalue weighted by Crippen LogP contribution is 2.37. The molecule has 328 valence electrons. The second-order valence-corrected chi connectivity index (χ2v) is 19.1. The highest BCUT2D eigenvalue weighted by molar-refractivity contribution is 8.30. The Morgan fingerprint density at radius 1 is 0.719 bits per heavy atom. The number of thioether (sulfide) groups is 1. The van der Waals surface area contributed by atoms with Gasteiger partial charge in [0.05, 0.1) is 10.0 Å². The minimum absolute atomic E-state index is 0.232. The van der Waals surface area contributed by atoms with Crippen LogP contribution >= 0.6 is 35.3 Å². The SMILES string of the molecule is O=C(O)CCCCCCCCCCCN1C(=O)/C(=c2/s/c(=C/c3ccc4c(c3)c3c(n4-c4ccc(C=C(c5ccccc5)c5ccccc5)cc4)CCC3)c(=O)n2CC(=O)O)SC1=S. The Morgan fingerprint density at radius 3 is 1.98 bits per heavy atom. The van der Waals surface area contributed by atoms with E-state index < -0.39 is 24.0 Å². The minimum atomic E-state index is -1.17. The van der Waals surface area contributed by atoms with Gasteiger partial charge in [0, 0.05) is 29.7 Å². The number of nitrogens with zero attached hydrogens (tertiary/aromatic N) is 3. The number of carbonyl (C=O) groups is 3. The fraction of sp³-hybridized carbons (Fsp3) is 0.288. The van der Waals surface area contributed by atoms with Crippen LogP contribution in [-0.4, -0.2) is 53.0 Å². The zero-order chi connectivity index (χ0) is 44.6. The van der Waals surface area contributed by atoms with Crippen molar-refractivity contribution in [3.8, 4) is 5.69 Å². The summed E-state index contributed by atoms with van der Waals surface area (Å²) in [5.74, 6) is -2.20. The smallest absolute Gasteiger partial charge is 0.323 e. The Kier molecular flexibility index (Phi) is 14.5. The molecule has 2 aliphatic rings. The minimum Gasteiger partial charge on any atom is -0.481 e. The van der Waals surface area contributed by atoms with Crippen molar-refractivity contribution in [3.05, 3.63) is 156 Å². The molecule has 0 radical (unpaired) electrons. The molecule has 0 unspecified atom stereocenters. The second-order valence-electron chi connectivity index (χ2n) is 16.5. The van der Waals surface area contributed by atoms with Crippen molar-refractivity contribution in [1.82, 2.24) is 14.0 Å². The molecule has 0 saturated carbocycles. The lowest BCUT2D eigenvalue weighted by molar-refractivity contribution is -0.138. The van der Waals surface area contributed by atoms with Gasteiger partial charge in [0.15, 0.2) is 0 Å². The summed E-state index contributed by atoms with van der Waals surface area (Å²) in [5.41, 5.74) is 9.73. The van der Waals surface area contributed by atoms with Crippen LogP contribution in [0.2, 0.25) is 0 Å². The van der Waals surface area contributed by atoms with Crippen LogP contribution in [-0.2, 0) is 33.8 Å². The molecular weight excluding hydrogens is 859 g/mol. The number of benzene rings is 4. The number of thiocarbonyl (C=S) groups is 1. The number of amides is 1. The van der Waals surface area contributed by atoms with Crippen LogP contribution in [0.5, 0.6) is 0 Å². The van der Waals surface area contributed by atoms with Crippen LogP contribution in [0.4, 0.5) is 0 Å². The molecule has 2 aromatic heterocycles. The average molecular weight is 910 g/mol. The monoisotopic (exact) mass is 909 g/mol. The first-order valence-electron chi connectivity index (χ1n) is 22.2. The topological polar surface area (TPSA) is 122 Å². The van der Waals surface area contributed by atoms with Crippen LogP contribution in [0.15, 0.2) is 108 Å². The molecular formula is C52H51N3O6S3. The van der Waals surface area contributed by atoms with Gasteiger partial charge in [-0.15, -0.1) is 11.3 Å². The van der Waals surface area contributed by atoms with Crippen LogP contribution in [0.25, 0.3) is 39.2 Å². The predicted molar refractivity (Wildman–Crippen MR) is 263 cm³/mol. The Hall–Kier alpha value is -5.82. The highest BCUT2D eigenvalue weighted by Gasteiger charge is 2.34. The molecule has 9 nitrogen and oxygen atoms in total. The number of unbranched alkanes of at least 4 members (excludes halogenated alkanes) is 8. The van der Waals surface area contributed by atoms with Gasteiger partial charge in [0.25, 0.3) is 11.5 Å². The summed E-state index contributed by atoms with van der Waals surface area (Å²) in [6, 6.07) is 35.8. The average Bonchev–Trinajstić information content (AvgIpc) is 4.04. The molecule has 3 heterocycles. The van der Waals surface area contributed by atoms with Crippen LogP contribution in [0.1, 0.15) is 104 Å². The lowest BCUT2D eigenvalue weighted by Gasteiger charge is -2.14. The van der Waals surface area contributed by atoms with Crippen molar-refractivity contribution in [1.29, 1.82) is 0 Å². The number of aromatic nitrogens is 2.